The molecule has 1 saturated heterocycles. The first kappa shape index (κ1) is 15.8. The predicted octanol–water partition coefficient (Wildman–Crippen LogP) is 2.81. The first-order valence-electron chi connectivity index (χ1n) is 6.81. The van der Waals surface area contributed by atoms with E-state index in [2.05, 4.69) is 5.92 Å². The van der Waals surface area contributed by atoms with Crippen LogP contribution in [0.3, 0.4) is 0 Å². The molecule has 1 aliphatic heterocycles. The summed E-state index contributed by atoms with van der Waals surface area (Å²) in [6.07, 6.45) is 6.72. The van der Waals surface area contributed by atoms with Crippen molar-refractivity contribution in [3.05, 3.63) is 0 Å². The van der Waals surface area contributed by atoms with Crippen LogP contribution in [0.25, 0.3) is 0 Å². The summed E-state index contributed by atoms with van der Waals surface area (Å²) in [7, 11) is 0. The maximum absolute atomic E-state index is 11.9. The zero-order chi connectivity index (χ0) is 14.7. The lowest BCUT2D eigenvalue weighted by molar-refractivity contribution is -0.0747. The smallest absolute Gasteiger partial charge is 0.410 e. The SMILES string of the molecule is C#CC1(OC(C)C)CCN(C(=O)OC(C)(C)C)CC1. The lowest BCUT2D eigenvalue weighted by atomic mass is 9.92. The molecule has 1 aliphatic rings. The van der Waals surface area contributed by atoms with Crippen LogP contribution in [0, 0.1) is 12.3 Å². The fourth-order valence-electron chi connectivity index (χ4n) is 2.12. The molecule has 4 nitrogen and oxygen atoms in total. The first-order valence-corrected chi connectivity index (χ1v) is 6.81. The van der Waals surface area contributed by atoms with Crippen LogP contribution in [0.4, 0.5) is 4.79 Å². The van der Waals surface area contributed by atoms with Gasteiger partial charge in [0.25, 0.3) is 0 Å². The molecular formula is C15H25NO3. The van der Waals surface area contributed by atoms with Crippen molar-refractivity contribution in [2.24, 2.45) is 0 Å². The van der Waals surface area contributed by atoms with Gasteiger partial charge in [-0.05, 0) is 34.6 Å². The third-order valence-corrected chi connectivity index (χ3v) is 2.95. The Morgan fingerprint density at radius 3 is 2.21 bits per heavy atom. The van der Waals surface area contributed by atoms with Gasteiger partial charge in [0.2, 0.25) is 0 Å². The van der Waals surface area contributed by atoms with Gasteiger partial charge in [-0.1, -0.05) is 5.92 Å². The molecular weight excluding hydrogens is 242 g/mol. The van der Waals surface area contributed by atoms with E-state index in [1.807, 2.05) is 34.6 Å². The Balaban J connectivity index is 2.57. The molecule has 0 bridgehead atoms. The van der Waals surface area contributed by atoms with Gasteiger partial charge < -0.3 is 14.4 Å². The minimum Gasteiger partial charge on any atom is -0.444 e. The summed E-state index contributed by atoms with van der Waals surface area (Å²) in [6, 6.07) is 0. The predicted molar refractivity (Wildman–Crippen MR) is 74.8 cm³/mol. The van der Waals surface area contributed by atoms with Crippen molar-refractivity contribution < 1.29 is 14.3 Å². The van der Waals surface area contributed by atoms with Crippen molar-refractivity contribution in [1.82, 2.24) is 4.90 Å². The molecule has 1 heterocycles. The van der Waals surface area contributed by atoms with E-state index < -0.39 is 11.2 Å². The third-order valence-electron chi connectivity index (χ3n) is 2.95. The van der Waals surface area contributed by atoms with E-state index in [-0.39, 0.29) is 12.2 Å². The summed E-state index contributed by atoms with van der Waals surface area (Å²) in [5.41, 5.74) is -1.00. The van der Waals surface area contributed by atoms with E-state index in [0.717, 1.165) is 0 Å². The van der Waals surface area contributed by atoms with Crippen molar-refractivity contribution in [1.29, 1.82) is 0 Å². The van der Waals surface area contributed by atoms with Gasteiger partial charge >= 0.3 is 6.09 Å². The van der Waals surface area contributed by atoms with Crippen LogP contribution in [0.5, 0.6) is 0 Å². The number of amides is 1. The molecule has 0 atom stereocenters. The molecule has 108 valence electrons. The highest BCUT2D eigenvalue weighted by molar-refractivity contribution is 5.68. The van der Waals surface area contributed by atoms with E-state index in [0.29, 0.717) is 25.9 Å². The molecule has 0 aromatic heterocycles. The van der Waals surface area contributed by atoms with Crippen molar-refractivity contribution in [3.63, 3.8) is 0 Å². The lowest BCUT2D eigenvalue weighted by Gasteiger charge is -2.39. The average Bonchev–Trinajstić information content (AvgIpc) is 2.26. The van der Waals surface area contributed by atoms with Gasteiger partial charge in [-0.25, -0.2) is 4.79 Å². The lowest BCUT2D eigenvalue weighted by Crippen LogP contribution is -2.49. The first-order chi connectivity index (χ1) is 8.67. The standard InChI is InChI=1S/C15H25NO3/c1-7-15(18-12(2)3)8-10-16(11-9-15)13(17)19-14(4,5)6/h1,12H,8-11H2,2-6H3. The molecule has 0 saturated carbocycles. The van der Waals surface area contributed by atoms with Gasteiger partial charge in [-0.3, -0.25) is 0 Å². The molecule has 19 heavy (non-hydrogen) atoms. The number of nitrogens with zero attached hydrogens (tertiary/aromatic N) is 1. The molecule has 4 heteroatoms. The minimum absolute atomic E-state index is 0.0872. The van der Waals surface area contributed by atoms with E-state index >= 15 is 0 Å². The zero-order valence-electron chi connectivity index (χ0n) is 12.7. The molecule has 1 rings (SSSR count). The van der Waals surface area contributed by atoms with Crippen LogP contribution >= 0.6 is 0 Å². The molecule has 0 radical (unpaired) electrons. The van der Waals surface area contributed by atoms with E-state index in [1.165, 1.54) is 0 Å². The minimum atomic E-state index is -0.535. The largest absolute Gasteiger partial charge is 0.444 e. The Bertz CT molecular complexity index is 355. The summed E-state index contributed by atoms with van der Waals surface area (Å²) in [5, 5.41) is 0. The van der Waals surface area contributed by atoms with Crippen LogP contribution in [0.1, 0.15) is 47.5 Å². The maximum Gasteiger partial charge on any atom is 0.410 e. The maximum atomic E-state index is 11.9. The number of carbonyl (C=O) groups is 1. The number of likely N-dealkylation sites (tertiary alicyclic amines) is 1. The fourth-order valence-corrected chi connectivity index (χ4v) is 2.12. The van der Waals surface area contributed by atoms with Gasteiger partial charge in [0.05, 0.1) is 6.10 Å². The second-order valence-corrected chi connectivity index (χ2v) is 6.27. The quantitative estimate of drug-likeness (QED) is 0.722. The van der Waals surface area contributed by atoms with Crippen LogP contribution in [0.2, 0.25) is 0 Å². The van der Waals surface area contributed by atoms with Gasteiger partial charge in [0.15, 0.2) is 0 Å². The normalized spacial score (nSPS) is 19.1. The Morgan fingerprint density at radius 2 is 1.84 bits per heavy atom. The Labute approximate surface area is 116 Å². The molecule has 1 fully saturated rings. The number of piperidine rings is 1. The molecule has 0 aromatic carbocycles. The molecule has 0 aromatic rings. The molecule has 0 unspecified atom stereocenters. The number of hydrogen-bond acceptors (Lipinski definition) is 3. The third kappa shape index (κ3) is 4.76. The topological polar surface area (TPSA) is 38.8 Å². The summed E-state index contributed by atoms with van der Waals surface area (Å²) >= 11 is 0. The fraction of sp³-hybridized carbons (Fsp3) is 0.800. The number of carbonyl (C=O) groups excluding carboxylic acids is 1. The summed E-state index contributed by atoms with van der Waals surface area (Å²) in [5.74, 6) is 2.76. The average molecular weight is 267 g/mol. The summed E-state index contributed by atoms with van der Waals surface area (Å²) < 4.78 is 11.2. The van der Waals surface area contributed by atoms with Gasteiger partial charge in [-0.15, -0.1) is 6.42 Å². The van der Waals surface area contributed by atoms with Crippen molar-refractivity contribution in [2.75, 3.05) is 13.1 Å². The van der Waals surface area contributed by atoms with Gasteiger partial charge in [0.1, 0.15) is 11.2 Å². The molecule has 0 aliphatic carbocycles. The van der Waals surface area contributed by atoms with E-state index in [4.69, 9.17) is 15.9 Å². The Hall–Kier alpha value is -1.21. The number of hydrogen-bond donors (Lipinski definition) is 0. The number of rotatable bonds is 2. The van der Waals surface area contributed by atoms with Crippen LogP contribution in [-0.2, 0) is 9.47 Å². The van der Waals surface area contributed by atoms with Crippen LogP contribution < -0.4 is 0 Å². The number of terminal acetylenes is 1. The van der Waals surface area contributed by atoms with Gasteiger partial charge in [0, 0.05) is 25.9 Å². The molecule has 0 spiro atoms. The summed E-state index contributed by atoms with van der Waals surface area (Å²) in [6.45, 7) is 10.7. The summed E-state index contributed by atoms with van der Waals surface area (Å²) in [4.78, 5) is 13.6. The van der Waals surface area contributed by atoms with Crippen molar-refractivity contribution in [2.45, 2.75) is 64.8 Å². The highest BCUT2D eigenvalue weighted by atomic mass is 16.6. The molecule has 1 amide bonds. The monoisotopic (exact) mass is 267 g/mol. The van der Waals surface area contributed by atoms with Crippen molar-refractivity contribution >= 4 is 6.09 Å². The van der Waals surface area contributed by atoms with E-state index in [1.54, 1.807) is 4.90 Å². The Kier molecular flexibility index (Phi) is 4.86. The Morgan fingerprint density at radius 1 is 1.32 bits per heavy atom. The van der Waals surface area contributed by atoms with Gasteiger partial charge in [-0.2, -0.15) is 0 Å². The van der Waals surface area contributed by atoms with Crippen LogP contribution in [0.15, 0.2) is 0 Å². The molecule has 0 N–H and O–H groups in total. The second kappa shape index (κ2) is 5.83. The second-order valence-electron chi connectivity index (χ2n) is 6.27. The van der Waals surface area contributed by atoms with Crippen LogP contribution in [-0.4, -0.2) is 41.4 Å². The number of ether oxygens (including phenoxy) is 2. The highest BCUT2D eigenvalue weighted by Gasteiger charge is 2.37. The van der Waals surface area contributed by atoms with E-state index in [9.17, 15) is 4.79 Å². The highest BCUT2D eigenvalue weighted by Crippen LogP contribution is 2.28. The zero-order valence-corrected chi connectivity index (χ0v) is 12.7. The van der Waals surface area contributed by atoms with Crippen molar-refractivity contribution in [3.8, 4) is 12.3 Å².